The number of fused-ring (bicyclic) bond motifs is 1. The first-order valence-electron chi connectivity index (χ1n) is 7.20. The first-order chi connectivity index (χ1) is 10.8. The highest BCUT2D eigenvalue weighted by molar-refractivity contribution is 5.81. The summed E-state index contributed by atoms with van der Waals surface area (Å²) in [5, 5.41) is 4.27. The van der Waals surface area contributed by atoms with Crippen LogP contribution >= 0.6 is 0 Å². The molecule has 3 aromatic rings. The molecule has 0 aliphatic rings. The summed E-state index contributed by atoms with van der Waals surface area (Å²) >= 11 is 0. The van der Waals surface area contributed by atoms with Gasteiger partial charge in [0, 0.05) is 6.54 Å². The van der Waals surface area contributed by atoms with Gasteiger partial charge in [0.15, 0.2) is 0 Å². The van der Waals surface area contributed by atoms with Gasteiger partial charge in [-0.05, 0) is 48.9 Å². The summed E-state index contributed by atoms with van der Waals surface area (Å²) < 4.78 is 7.23. The number of benzene rings is 2. The van der Waals surface area contributed by atoms with Crippen molar-refractivity contribution in [3.8, 4) is 5.75 Å². The summed E-state index contributed by atoms with van der Waals surface area (Å²) in [6.45, 7) is 2.92. The Hall–Kier alpha value is -2.82. The predicted molar refractivity (Wildman–Crippen MR) is 89.6 cm³/mol. The maximum Gasteiger partial charge on any atom is 0.224 e. The lowest BCUT2D eigenvalue weighted by molar-refractivity contribution is 0.415. The lowest BCUT2D eigenvalue weighted by Crippen LogP contribution is -2.01. The van der Waals surface area contributed by atoms with E-state index in [1.807, 2.05) is 42.5 Å². The van der Waals surface area contributed by atoms with Crippen molar-refractivity contribution in [1.29, 1.82) is 0 Å². The number of imidazole rings is 1. The summed E-state index contributed by atoms with van der Waals surface area (Å²) in [6.07, 6.45) is 1.76. The highest BCUT2D eigenvalue weighted by atomic mass is 16.5. The zero-order valence-corrected chi connectivity index (χ0v) is 12.7. The van der Waals surface area contributed by atoms with Crippen molar-refractivity contribution in [3.05, 3.63) is 54.1 Å². The molecule has 0 radical (unpaired) electrons. The van der Waals surface area contributed by atoms with Gasteiger partial charge in [-0.25, -0.2) is 10.4 Å². The smallest absolute Gasteiger partial charge is 0.224 e. The van der Waals surface area contributed by atoms with E-state index in [1.165, 1.54) is 0 Å². The van der Waals surface area contributed by atoms with E-state index in [0.29, 0.717) is 0 Å². The molecule has 0 unspecified atom stereocenters. The van der Waals surface area contributed by atoms with Crippen molar-refractivity contribution in [3.63, 3.8) is 0 Å². The van der Waals surface area contributed by atoms with Crippen LogP contribution in [0.1, 0.15) is 12.5 Å². The van der Waals surface area contributed by atoms with Crippen LogP contribution in [0.15, 0.2) is 53.6 Å². The molecule has 3 rings (SSSR count). The van der Waals surface area contributed by atoms with Gasteiger partial charge in [0.2, 0.25) is 5.95 Å². The number of ether oxygens (including phenoxy) is 1. The SMILES string of the molecule is CCn1c(NN=Cc2ccc(OC)cc2)nc2ccccc21. The van der Waals surface area contributed by atoms with E-state index in [2.05, 4.69) is 33.1 Å². The van der Waals surface area contributed by atoms with Crippen molar-refractivity contribution in [2.24, 2.45) is 5.10 Å². The summed E-state index contributed by atoms with van der Waals surface area (Å²) in [7, 11) is 1.65. The van der Waals surface area contributed by atoms with Gasteiger partial charge in [0.25, 0.3) is 0 Å². The molecule has 1 N–H and O–H groups in total. The lowest BCUT2D eigenvalue weighted by Gasteiger charge is -2.04. The molecule has 0 bridgehead atoms. The number of aromatic nitrogens is 2. The molecule has 22 heavy (non-hydrogen) atoms. The number of nitrogens with zero attached hydrogens (tertiary/aromatic N) is 3. The van der Waals surface area contributed by atoms with E-state index in [1.54, 1.807) is 13.3 Å². The van der Waals surface area contributed by atoms with Crippen molar-refractivity contribution in [2.45, 2.75) is 13.5 Å². The highest BCUT2D eigenvalue weighted by Gasteiger charge is 2.07. The fraction of sp³-hybridized carbons (Fsp3) is 0.176. The molecule has 0 atom stereocenters. The molecule has 0 saturated heterocycles. The second-order valence-corrected chi connectivity index (χ2v) is 4.81. The van der Waals surface area contributed by atoms with Gasteiger partial charge in [-0.3, -0.25) is 0 Å². The Kier molecular flexibility index (Phi) is 4.05. The normalized spacial score (nSPS) is 11.2. The molecule has 1 aromatic heterocycles. The van der Waals surface area contributed by atoms with E-state index in [-0.39, 0.29) is 0 Å². The quantitative estimate of drug-likeness (QED) is 0.578. The first-order valence-corrected chi connectivity index (χ1v) is 7.20. The van der Waals surface area contributed by atoms with Gasteiger partial charge < -0.3 is 9.30 Å². The minimum Gasteiger partial charge on any atom is -0.497 e. The molecule has 2 aromatic carbocycles. The van der Waals surface area contributed by atoms with Crippen LogP contribution in [0.25, 0.3) is 11.0 Å². The minimum absolute atomic E-state index is 0.744. The molecule has 0 spiro atoms. The standard InChI is InChI=1S/C17H18N4O/c1-3-21-16-7-5-4-6-15(16)19-17(21)20-18-12-13-8-10-14(22-2)11-9-13/h4-12H,3H2,1-2H3,(H,19,20). The molecule has 0 saturated carbocycles. The number of hydrazone groups is 1. The van der Waals surface area contributed by atoms with Crippen LogP contribution in [-0.4, -0.2) is 22.9 Å². The molecule has 0 amide bonds. The summed E-state index contributed by atoms with van der Waals surface area (Å²) in [6, 6.07) is 15.8. The molecule has 5 heteroatoms. The molecule has 0 fully saturated rings. The van der Waals surface area contributed by atoms with E-state index in [9.17, 15) is 0 Å². The van der Waals surface area contributed by atoms with Crippen LogP contribution in [0.4, 0.5) is 5.95 Å². The van der Waals surface area contributed by atoms with Crippen molar-refractivity contribution >= 4 is 23.2 Å². The monoisotopic (exact) mass is 294 g/mol. The Balaban J connectivity index is 1.79. The van der Waals surface area contributed by atoms with Gasteiger partial charge in [0.05, 0.1) is 24.4 Å². The van der Waals surface area contributed by atoms with E-state index in [0.717, 1.165) is 34.8 Å². The number of anilines is 1. The minimum atomic E-state index is 0.744. The lowest BCUT2D eigenvalue weighted by atomic mass is 10.2. The summed E-state index contributed by atoms with van der Waals surface area (Å²) in [5.41, 5.74) is 6.08. The second-order valence-electron chi connectivity index (χ2n) is 4.81. The molecule has 112 valence electrons. The van der Waals surface area contributed by atoms with Crippen LogP contribution in [0, 0.1) is 0 Å². The van der Waals surface area contributed by atoms with Gasteiger partial charge in [-0.2, -0.15) is 5.10 Å². The second kappa shape index (κ2) is 6.30. The number of hydrogen-bond acceptors (Lipinski definition) is 4. The van der Waals surface area contributed by atoms with Gasteiger partial charge in [-0.15, -0.1) is 0 Å². The number of aryl methyl sites for hydroxylation is 1. The molecule has 0 aliphatic carbocycles. The molecule has 5 nitrogen and oxygen atoms in total. The van der Waals surface area contributed by atoms with E-state index < -0.39 is 0 Å². The summed E-state index contributed by atoms with van der Waals surface area (Å²) in [4.78, 5) is 4.56. The molecule has 0 aliphatic heterocycles. The van der Waals surface area contributed by atoms with Crippen LogP contribution < -0.4 is 10.2 Å². The fourth-order valence-electron chi connectivity index (χ4n) is 2.34. The Morgan fingerprint density at radius 1 is 1.18 bits per heavy atom. The molecular formula is C17H18N4O. The third-order valence-electron chi connectivity index (χ3n) is 3.46. The topological polar surface area (TPSA) is 51.4 Å². The average Bonchev–Trinajstić information content (AvgIpc) is 2.93. The van der Waals surface area contributed by atoms with Gasteiger partial charge >= 0.3 is 0 Å². The third kappa shape index (κ3) is 2.79. The van der Waals surface area contributed by atoms with Crippen molar-refractivity contribution in [2.75, 3.05) is 12.5 Å². The van der Waals surface area contributed by atoms with Crippen molar-refractivity contribution in [1.82, 2.24) is 9.55 Å². The Bertz CT molecular complexity index is 790. The first kappa shape index (κ1) is 14.1. The van der Waals surface area contributed by atoms with Crippen LogP contribution in [0.5, 0.6) is 5.75 Å². The van der Waals surface area contributed by atoms with Crippen LogP contribution in [0.3, 0.4) is 0 Å². The number of hydrogen-bond donors (Lipinski definition) is 1. The number of rotatable bonds is 5. The zero-order chi connectivity index (χ0) is 15.4. The Morgan fingerprint density at radius 2 is 1.95 bits per heavy atom. The Morgan fingerprint density at radius 3 is 2.68 bits per heavy atom. The maximum absolute atomic E-state index is 5.13. The van der Waals surface area contributed by atoms with Gasteiger partial charge in [0.1, 0.15) is 5.75 Å². The maximum atomic E-state index is 5.13. The largest absolute Gasteiger partial charge is 0.497 e. The van der Waals surface area contributed by atoms with Gasteiger partial charge in [-0.1, -0.05) is 12.1 Å². The van der Waals surface area contributed by atoms with Crippen LogP contribution in [0.2, 0.25) is 0 Å². The molecular weight excluding hydrogens is 276 g/mol. The molecule has 1 heterocycles. The number of nitrogens with one attached hydrogen (secondary N) is 1. The van der Waals surface area contributed by atoms with Crippen molar-refractivity contribution < 1.29 is 4.74 Å². The predicted octanol–water partition coefficient (Wildman–Crippen LogP) is 3.51. The third-order valence-corrected chi connectivity index (χ3v) is 3.46. The fourth-order valence-corrected chi connectivity index (χ4v) is 2.34. The van der Waals surface area contributed by atoms with E-state index >= 15 is 0 Å². The zero-order valence-electron chi connectivity index (χ0n) is 12.7. The van der Waals surface area contributed by atoms with Crippen LogP contribution in [-0.2, 0) is 6.54 Å². The number of methoxy groups -OCH3 is 1. The number of para-hydroxylation sites is 2. The summed E-state index contributed by atoms with van der Waals surface area (Å²) in [5.74, 6) is 1.58. The highest BCUT2D eigenvalue weighted by Crippen LogP contribution is 2.19. The average molecular weight is 294 g/mol. The van der Waals surface area contributed by atoms with E-state index in [4.69, 9.17) is 4.74 Å². The Labute approximate surface area is 129 Å².